The molecule has 31 heavy (non-hydrogen) atoms. The molecule has 1 heterocycles. The van der Waals surface area contributed by atoms with E-state index in [9.17, 15) is 62.3 Å². The van der Waals surface area contributed by atoms with E-state index < -0.39 is 70.1 Å². The summed E-state index contributed by atoms with van der Waals surface area (Å²) in [5.41, 5.74) is -9.52. The number of benzene rings is 1. The van der Waals surface area contributed by atoms with Gasteiger partial charge in [-0.1, -0.05) is 18.2 Å². The van der Waals surface area contributed by atoms with E-state index in [0.717, 1.165) is 18.2 Å². The van der Waals surface area contributed by atoms with Crippen molar-refractivity contribution >= 4 is 17.4 Å². The van der Waals surface area contributed by atoms with Gasteiger partial charge in [0, 0.05) is 11.8 Å². The number of hydrogen-bond acceptors (Lipinski definition) is 2. The molecule has 0 aromatic heterocycles. The summed E-state index contributed by atoms with van der Waals surface area (Å²) < 4.78 is 159. The van der Waals surface area contributed by atoms with Crippen LogP contribution in [0, 0.1) is 11.3 Å². The van der Waals surface area contributed by atoms with Gasteiger partial charge in [-0.05, 0) is 12.1 Å². The number of alkyl halides is 12. The van der Waals surface area contributed by atoms with Crippen molar-refractivity contribution in [2.75, 3.05) is 4.90 Å². The molecule has 2 rings (SSSR count). The van der Waals surface area contributed by atoms with E-state index in [1.165, 1.54) is 0 Å². The molecule has 0 bridgehead atoms. The van der Waals surface area contributed by atoms with Crippen LogP contribution in [-0.2, 0) is 9.59 Å². The Balaban J connectivity index is 2.98. The average Bonchev–Trinajstić information content (AvgIpc) is 2.50. The van der Waals surface area contributed by atoms with Crippen LogP contribution in [0.25, 0.3) is 0 Å². The van der Waals surface area contributed by atoms with Crippen LogP contribution >= 0.6 is 0 Å². The van der Waals surface area contributed by atoms with Crippen molar-refractivity contribution in [1.29, 1.82) is 0 Å². The molecule has 0 saturated heterocycles. The zero-order chi connectivity index (χ0) is 24.2. The molecular formula is C16H7F12NO2. The number of carbonyl (C=O) groups excluding carboxylic acids is 2. The van der Waals surface area contributed by atoms with Crippen LogP contribution in [0.2, 0.25) is 0 Å². The molecule has 0 atom stereocenters. The van der Waals surface area contributed by atoms with E-state index in [0.29, 0.717) is 12.1 Å². The van der Waals surface area contributed by atoms with Crippen LogP contribution in [0.5, 0.6) is 0 Å². The summed E-state index contributed by atoms with van der Waals surface area (Å²) in [4.78, 5) is 23.3. The van der Waals surface area contributed by atoms with Crippen molar-refractivity contribution in [2.24, 2.45) is 11.3 Å². The lowest BCUT2D eigenvalue weighted by Crippen LogP contribution is -2.67. The quantitative estimate of drug-likeness (QED) is 0.430. The van der Waals surface area contributed by atoms with Gasteiger partial charge in [0.2, 0.25) is 0 Å². The van der Waals surface area contributed by atoms with Gasteiger partial charge in [-0.3, -0.25) is 14.5 Å². The van der Waals surface area contributed by atoms with Crippen LogP contribution in [0.1, 0.15) is 0 Å². The highest BCUT2D eigenvalue weighted by Crippen LogP contribution is 2.57. The van der Waals surface area contributed by atoms with Gasteiger partial charge in [-0.15, -0.1) is 0 Å². The summed E-state index contributed by atoms with van der Waals surface area (Å²) in [6.45, 7) is 0. The summed E-state index contributed by atoms with van der Waals surface area (Å²) in [6, 6.07) is 3.73. The Morgan fingerprint density at radius 1 is 0.710 bits per heavy atom. The first-order valence-electron chi connectivity index (χ1n) is 7.70. The Hall–Kier alpha value is -2.74. The SMILES string of the molecule is O=C1C=C(C(C(F)(F)F)C(F)(F)F)N(c2ccccc2)C(=O)C1(C(F)(F)F)C(F)(F)F. The molecule has 15 heteroatoms. The lowest BCUT2D eigenvalue weighted by Gasteiger charge is -2.43. The lowest BCUT2D eigenvalue weighted by molar-refractivity contribution is -0.309. The van der Waals surface area contributed by atoms with E-state index in [4.69, 9.17) is 0 Å². The van der Waals surface area contributed by atoms with E-state index in [1.807, 2.05) is 0 Å². The number of anilines is 1. The van der Waals surface area contributed by atoms with Gasteiger partial charge in [-0.25, -0.2) is 0 Å². The highest BCUT2D eigenvalue weighted by Gasteiger charge is 2.82. The molecular weight excluding hydrogens is 466 g/mol. The molecule has 0 fully saturated rings. The maximum absolute atomic E-state index is 13.4. The fraction of sp³-hybridized carbons (Fsp3) is 0.375. The van der Waals surface area contributed by atoms with Crippen molar-refractivity contribution in [3.05, 3.63) is 42.1 Å². The van der Waals surface area contributed by atoms with E-state index in [2.05, 4.69) is 0 Å². The van der Waals surface area contributed by atoms with Gasteiger partial charge in [0.15, 0.2) is 11.7 Å². The van der Waals surface area contributed by atoms with Gasteiger partial charge in [0.25, 0.3) is 5.91 Å². The Morgan fingerprint density at radius 2 is 1.13 bits per heavy atom. The molecule has 1 aliphatic heterocycles. The van der Waals surface area contributed by atoms with Crippen molar-refractivity contribution in [2.45, 2.75) is 24.7 Å². The predicted molar refractivity (Wildman–Crippen MR) is 77.2 cm³/mol. The molecule has 0 saturated carbocycles. The molecule has 1 aliphatic rings. The third kappa shape index (κ3) is 3.84. The number of carbonyl (C=O) groups is 2. The second kappa shape index (κ2) is 7.15. The average molecular weight is 473 g/mol. The smallest absolute Gasteiger partial charge is 0.293 e. The molecule has 172 valence electrons. The molecule has 1 aromatic carbocycles. The predicted octanol–water partition coefficient (Wildman–Crippen LogP) is 5.34. The Kier molecular flexibility index (Phi) is 5.66. The van der Waals surface area contributed by atoms with E-state index in [1.54, 1.807) is 0 Å². The standard InChI is InChI=1S/C16H7F12NO2/c17-13(18,19)10(14(20,21)22)8-6-9(30)12(15(23,24)25,16(26,27)28)11(31)29(8)7-4-2-1-3-5-7/h1-6,10H. The van der Waals surface area contributed by atoms with Gasteiger partial charge < -0.3 is 0 Å². The summed E-state index contributed by atoms with van der Waals surface area (Å²) in [6.07, 6.45) is -27.2. The Labute approximate surface area is 163 Å². The minimum Gasteiger partial charge on any atom is -0.293 e. The van der Waals surface area contributed by atoms with Gasteiger partial charge in [-0.2, -0.15) is 52.7 Å². The van der Waals surface area contributed by atoms with Crippen molar-refractivity contribution in [1.82, 2.24) is 0 Å². The van der Waals surface area contributed by atoms with Crippen LogP contribution in [0.3, 0.4) is 0 Å². The van der Waals surface area contributed by atoms with Crippen LogP contribution in [0.4, 0.5) is 58.4 Å². The number of nitrogens with zero attached hydrogens (tertiary/aromatic N) is 1. The maximum atomic E-state index is 13.4. The third-order valence-electron chi connectivity index (χ3n) is 4.25. The molecule has 0 aliphatic carbocycles. The minimum absolute atomic E-state index is 0.503. The van der Waals surface area contributed by atoms with Gasteiger partial charge >= 0.3 is 30.1 Å². The highest BCUT2D eigenvalue weighted by molar-refractivity contribution is 6.22. The summed E-state index contributed by atoms with van der Waals surface area (Å²) in [5, 5.41) is 0. The first-order valence-corrected chi connectivity index (χ1v) is 7.70. The topological polar surface area (TPSA) is 37.4 Å². The molecule has 0 radical (unpaired) electrons. The van der Waals surface area contributed by atoms with Crippen LogP contribution in [-0.4, -0.2) is 36.4 Å². The first kappa shape index (κ1) is 24.5. The maximum Gasteiger partial charge on any atom is 0.419 e. The Bertz CT molecular complexity index is 864. The summed E-state index contributed by atoms with van der Waals surface area (Å²) in [5.74, 6) is -11.4. The monoisotopic (exact) mass is 473 g/mol. The van der Waals surface area contributed by atoms with Crippen LogP contribution < -0.4 is 4.90 Å². The van der Waals surface area contributed by atoms with Crippen molar-refractivity contribution < 1.29 is 62.3 Å². The number of amides is 1. The van der Waals surface area contributed by atoms with E-state index >= 15 is 0 Å². The number of halogens is 12. The number of para-hydroxylation sites is 1. The number of ketones is 1. The fourth-order valence-electron chi connectivity index (χ4n) is 2.96. The molecule has 3 nitrogen and oxygen atoms in total. The molecule has 0 spiro atoms. The van der Waals surface area contributed by atoms with E-state index in [-0.39, 0.29) is 0 Å². The normalized spacial score (nSPS) is 18.5. The third-order valence-corrected chi connectivity index (χ3v) is 4.25. The molecule has 0 unspecified atom stereocenters. The lowest BCUT2D eigenvalue weighted by atomic mass is 9.75. The van der Waals surface area contributed by atoms with Crippen molar-refractivity contribution in [3.8, 4) is 0 Å². The molecule has 1 aromatic rings. The zero-order valence-electron chi connectivity index (χ0n) is 14.3. The van der Waals surface area contributed by atoms with Crippen molar-refractivity contribution in [3.63, 3.8) is 0 Å². The fourth-order valence-corrected chi connectivity index (χ4v) is 2.96. The van der Waals surface area contributed by atoms with Gasteiger partial charge in [0.05, 0.1) is 5.70 Å². The Morgan fingerprint density at radius 3 is 1.48 bits per heavy atom. The summed E-state index contributed by atoms with van der Waals surface area (Å²) in [7, 11) is 0. The highest BCUT2D eigenvalue weighted by atomic mass is 19.4. The number of hydrogen-bond donors (Lipinski definition) is 0. The molecule has 0 N–H and O–H groups in total. The largest absolute Gasteiger partial charge is 0.419 e. The second-order valence-corrected chi connectivity index (χ2v) is 6.17. The minimum atomic E-state index is -6.74. The van der Waals surface area contributed by atoms with Crippen LogP contribution in [0.15, 0.2) is 42.1 Å². The number of rotatable bonds is 2. The molecule has 1 amide bonds. The zero-order valence-corrected chi connectivity index (χ0v) is 14.3. The van der Waals surface area contributed by atoms with Gasteiger partial charge in [0.1, 0.15) is 0 Å². The summed E-state index contributed by atoms with van der Waals surface area (Å²) >= 11 is 0. The first-order chi connectivity index (χ1) is 13.8. The second-order valence-electron chi connectivity index (χ2n) is 6.17. The number of allylic oxidation sites excluding steroid dienone is 2.